The maximum Gasteiger partial charge on any atom is 0.0840 e. The van der Waals surface area contributed by atoms with E-state index in [-0.39, 0.29) is 5.92 Å². The normalized spacial score (nSPS) is 14.9. The summed E-state index contributed by atoms with van der Waals surface area (Å²) in [5.74, 6) is 0.116. The molecule has 2 unspecified atom stereocenters. The number of aryl methyl sites for hydroxylation is 3. The van der Waals surface area contributed by atoms with Gasteiger partial charge in [-0.3, -0.25) is 0 Å². The van der Waals surface area contributed by atoms with Crippen molar-refractivity contribution in [1.29, 1.82) is 0 Å². The van der Waals surface area contributed by atoms with E-state index in [0.29, 0.717) is 6.61 Å². The third-order valence-corrected chi connectivity index (χ3v) is 3.17. The summed E-state index contributed by atoms with van der Waals surface area (Å²) in [4.78, 5) is 0. The Balaban J connectivity index is 2.99. The van der Waals surface area contributed by atoms with Crippen molar-refractivity contribution >= 4 is 0 Å². The molecule has 0 aromatic heterocycles. The fourth-order valence-corrected chi connectivity index (χ4v) is 1.96. The summed E-state index contributed by atoms with van der Waals surface area (Å²) < 4.78 is 5.08. The fourth-order valence-electron chi connectivity index (χ4n) is 1.96. The van der Waals surface area contributed by atoms with Gasteiger partial charge in [-0.25, -0.2) is 0 Å². The van der Waals surface area contributed by atoms with Crippen LogP contribution in [0.3, 0.4) is 0 Å². The molecule has 0 saturated carbocycles. The van der Waals surface area contributed by atoms with Crippen molar-refractivity contribution < 1.29 is 9.84 Å². The van der Waals surface area contributed by atoms with E-state index in [9.17, 15) is 5.11 Å². The summed E-state index contributed by atoms with van der Waals surface area (Å²) in [6, 6.07) is 4.22. The molecule has 0 amide bonds. The van der Waals surface area contributed by atoms with Gasteiger partial charge in [-0.05, 0) is 43.0 Å². The van der Waals surface area contributed by atoms with Gasteiger partial charge in [0, 0.05) is 13.0 Å². The number of aliphatic hydroxyl groups excluding tert-OH is 1. The van der Waals surface area contributed by atoms with E-state index >= 15 is 0 Å². The summed E-state index contributed by atoms with van der Waals surface area (Å²) in [5.41, 5.74) is 4.67. The molecule has 1 rings (SSSR count). The topological polar surface area (TPSA) is 29.5 Å². The van der Waals surface area contributed by atoms with E-state index in [0.717, 1.165) is 11.1 Å². The molecule has 0 saturated heterocycles. The highest BCUT2D eigenvalue weighted by atomic mass is 16.5. The molecule has 16 heavy (non-hydrogen) atoms. The van der Waals surface area contributed by atoms with Gasteiger partial charge in [-0.2, -0.15) is 0 Å². The van der Waals surface area contributed by atoms with Crippen molar-refractivity contribution in [3.63, 3.8) is 0 Å². The lowest BCUT2D eigenvalue weighted by Crippen LogP contribution is -2.15. The van der Waals surface area contributed by atoms with Crippen molar-refractivity contribution in [3.8, 4) is 0 Å². The van der Waals surface area contributed by atoms with Gasteiger partial charge < -0.3 is 9.84 Å². The molecule has 2 nitrogen and oxygen atoms in total. The highest BCUT2D eigenvalue weighted by Crippen LogP contribution is 2.27. The van der Waals surface area contributed by atoms with Gasteiger partial charge in [0.15, 0.2) is 0 Å². The Morgan fingerprint density at radius 3 is 2.25 bits per heavy atom. The zero-order valence-corrected chi connectivity index (χ0v) is 10.9. The van der Waals surface area contributed by atoms with Crippen molar-refractivity contribution in [1.82, 2.24) is 0 Å². The predicted molar refractivity (Wildman–Crippen MR) is 66.7 cm³/mol. The minimum atomic E-state index is -0.445. The van der Waals surface area contributed by atoms with Crippen LogP contribution >= 0.6 is 0 Å². The van der Waals surface area contributed by atoms with Crippen LogP contribution in [0.1, 0.15) is 35.3 Å². The lowest BCUT2D eigenvalue weighted by Gasteiger charge is -2.21. The zero-order chi connectivity index (χ0) is 12.3. The van der Waals surface area contributed by atoms with Crippen LogP contribution in [0.15, 0.2) is 12.1 Å². The Kier molecular flexibility index (Phi) is 4.51. The largest absolute Gasteiger partial charge is 0.388 e. The van der Waals surface area contributed by atoms with Crippen LogP contribution in [-0.2, 0) is 4.74 Å². The molecule has 0 spiro atoms. The minimum absolute atomic E-state index is 0.116. The summed E-state index contributed by atoms with van der Waals surface area (Å²) in [5, 5.41) is 10.2. The molecule has 1 N–H and O–H groups in total. The minimum Gasteiger partial charge on any atom is -0.388 e. The smallest absolute Gasteiger partial charge is 0.0840 e. The highest BCUT2D eigenvalue weighted by molar-refractivity contribution is 5.37. The van der Waals surface area contributed by atoms with Crippen LogP contribution < -0.4 is 0 Å². The predicted octanol–water partition coefficient (Wildman–Crippen LogP) is 2.93. The van der Waals surface area contributed by atoms with E-state index in [1.807, 2.05) is 13.8 Å². The van der Waals surface area contributed by atoms with E-state index in [2.05, 4.69) is 26.0 Å². The molecule has 2 heteroatoms. The molecule has 0 heterocycles. The van der Waals surface area contributed by atoms with Gasteiger partial charge in [0.2, 0.25) is 0 Å². The summed E-state index contributed by atoms with van der Waals surface area (Å²) in [6.07, 6.45) is -0.445. The van der Waals surface area contributed by atoms with Gasteiger partial charge in [0.05, 0.1) is 12.7 Å². The molecule has 0 aliphatic rings. The van der Waals surface area contributed by atoms with E-state index in [1.165, 1.54) is 11.1 Å². The van der Waals surface area contributed by atoms with Crippen LogP contribution in [0.5, 0.6) is 0 Å². The van der Waals surface area contributed by atoms with Crippen LogP contribution in [0.2, 0.25) is 0 Å². The quantitative estimate of drug-likeness (QED) is 0.848. The molecule has 0 fully saturated rings. The van der Waals surface area contributed by atoms with E-state index in [1.54, 1.807) is 7.11 Å². The summed E-state index contributed by atoms with van der Waals surface area (Å²) >= 11 is 0. The number of rotatable bonds is 4. The number of hydrogen-bond acceptors (Lipinski definition) is 2. The van der Waals surface area contributed by atoms with Gasteiger partial charge in [0.25, 0.3) is 0 Å². The maximum atomic E-state index is 10.2. The molecular formula is C14H22O2. The van der Waals surface area contributed by atoms with Crippen molar-refractivity contribution in [2.75, 3.05) is 13.7 Å². The molecule has 2 atom stereocenters. The number of methoxy groups -OCH3 is 1. The van der Waals surface area contributed by atoms with Crippen LogP contribution in [0, 0.1) is 26.7 Å². The van der Waals surface area contributed by atoms with Crippen LogP contribution in [0.25, 0.3) is 0 Å². The molecule has 1 aromatic carbocycles. The van der Waals surface area contributed by atoms with Crippen LogP contribution in [0.4, 0.5) is 0 Å². The van der Waals surface area contributed by atoms with Crippen LogP contribution in [-0.4, -0.2) is 18.8 Å². The Morgan fingerprint density at radius 1 is 1.12 bits per heavy atom. The average Bonchev–Trinajstić information content (AvgIpc) is 2.23. The number of aliphatic hydroxyl groups is 1. The van der Waals surface area contributed by atoms with Gasteiger partial charge in [-0.1, -0.05) is 19.1 Å². The molecule has 0 radical (unpaired) electrons. The molecule has 0 aliphatic heterocycles. The molecular weight excluding hydrogens is 200 g/mol. The maximum absolute atomic E-state index is 10.2. The molecule has 1 aromatic rings. The molecule has 0 bridgehead atoms. The monoisotopic (exact) mass is 222 g/mol. The van der Waals surface area contributed by atoms with Gasteiger partial charge in [0.1, 0.15) is 0 Å². The first-order valence-corrected chi connectivity index (χ1v) is 5.72. The Hall–Kier alpha value is -0.860. The van der Waals surface area contributed by atoms with Crippen molar-refractivity contribution in [2.24, 2.45) is 5.92 Å². The number of ether oxygens (including phenoxy) is 1. The third-order valence-electron chi connectivity index (χ3n) is 3.17. The lowest BCUT2D eigenvalue weighted by atomic mass is 9.91. The highest BCUT2D eigenvalue weighted by Gasteiger charge is 2.18. The molecule has 0 aliphatic carbocycles. The van der Waals surface area contributed by atoms with Crippen molar-refractivity contribution in [2.45, 2.75) is 33.8 Å². The first kappa shape index (κ1) is 13.2. The summed E-state index contributed by atoms with van der Waals surface area (Å²) in [7, 11) is 1.66. The summed E-state index contributed by atoms with van der Waals surface area (Å²) in [6.45, 7) is 8.80. The second kappa shape index (κ2) is 5.46. The second-order valence-corrected chi connectivity index (χ2v) is 4.67. The standard InChI is InChI=1S/C14H22O2/c1-9-6-11(3)13(7-10(9)2)14(15)12(4)8-16-5/h6-7,12,14-15H,8H2,1-5H3. The average molecular weight is 222 g/mol. The first-order chi connectivity index (χ1) is 7.47. The fraction of sp³-hybridized carbons (Fsp3) is 0.571. The Bertz CT molecular complexity index is 358. The number of hydrogen-bond donors (Lipinski definition) is 1. The first-order valence-electron chi connectivity index (χ1n) is 5.72. The Morgan fingerprint density at radius 2 is 1.69 bits per heavy atom. The van der Waals surface area contributed by atoms with Crippen molar-refractivity contribution in [3.05, 3.63) is 34.4 Å². The Labute approximate surface area is 98.3 Å². The molecule has 90 valence electrons. The van der Waals surface area contributed by atoms with E-state index < -0.39 is 6.10 Å². The zero-order valence-electron chi connectivity index (χ0n) is 10.9. The third kappa shape index (κ3) is 2.83. The SMILES string of the molecule is COCC(C)C(O)c1cc(C)c(C)cc1C. The van der Waals surface area contributed by atoms with Gasteiger partial charge >= 0.3 is 0 Å². The number of benzene rings is 1. The lowest BCUT2D eigenvalue weighted by molar-refractivity contribution is 0.0562. The van der Waals surface area contributed by atoms with E-state index in [4.69, 9.17) is 4.74 Å². The second-order valence-electron chi connectivity index (χ2n) is 4.67. The van der Waals surface area contributed by atoms with Gasteiger partial charge in [-0.15, -0.1) is 0 Å².